The van der Waals surface area contributed by atoms with E-state index in [4.69, 9.17) is 4.99 Å². The second-order valence-electron chi connectivity index (χ2n) is 5.63. The van der Waals surface area contributed by atoms with Crippen molar-refractivity contribution < 1.29 is 0 Å². The lowest BCUT2D eigenvalue weighted by molar-refractivity contribution is 0.585. The fraction of sp³-hybridized carbons (Fsp3) is 0.235. The number of aliphatic imine (C=N–C) groups is 1. The maximum atomic E-state index is 4.83. The van der Waals surface area contributed by atoms with Crippen molar-refractivity contribution in [1.29, 1.82) is 0 Å². The summed E-state index contributed by atoms with van der Waals surface area (Å²) in [7, 11) is 0. The lowest BCUT2D eigenvalue weighted by Gasteiger charge is -2.34. The predicted molar refractivity (Wildman–Crippen MR) is 81.4 cm³/mol. The molecule has 0 saturated heterocycles. The number of nitrogens with zero attached hydrogens (tertiary/aromatic N) is 1. The van der Waals surface area contributed by atoms with Crippen molar-refractivity contribution in [2.45, 2.75) is 25.8 Å². The molecule has 0 spiro atoms. The van der Waals surface area contributed by atoms with Gasteiger partial charge in [-0.15, -0.1) is 0 Å². The molecule has 1 N–H and O–H groups in total. The van der Waals surface area contributed by atoms with Gasteiger partial charge < -0.3 is 5.32 Å². The fourth-order valence-electron chi connectivity index (χ4n) is 2.52. The Labute approximate surface area is 114 Å². The average Bonchev–Trinajstić information content (AvgIpc) is 2.38. The number of fused-ring (bicyclic) bond motifs is 1. The van der Waals surface area contributed by atoms with Gasteiger partial charge in [-0.2, -0.15) is 0 Å². The summed E-state index contributed by atoms with van der Waals surface area (Å²) in [4.78, 5) is 4.83. The minimum Gasteiger partial charge on any atom is -0.379 e. The maximum absolute atomic E-state index is 4.83. The summed E-state index contributed by atoms with van der Waals surface area (Å²) in [5.74, 6) is 0. The molecule has 2 aromatic rings. The van der Waals surface area contributed by atoms with E-state index in [1.54, 1.807) is 0 Å². The number of anilines is 1. The molecule has 1 aliphatic heterocycles. The van der Waals surface area contributed by atoms with Crippen molar-refractivity contribution in [2.24, 2.45) is 4.99 Å². The second kappa shape index (κ2) is 4.54. The third-order valence-corrected chi connectivity index (χ3v) is 3.34. The van der Waals surface area contributed by atoms with Crippen LogP contribution in [-0.4, -0.2) is 11.3 Å². The van der Waals surface area contributed by atoms with Gasteiger partial charge in [0.25, 0.3) is 0 Å². The summed E-state index contributed by atoms with van der Waals surface area (Å²) in [6, 6.07) is 18.6. The molecule has 3 rings (SSSR count). The van der Waals surface area contributed by atoms with Crippen molar-refractivity contribution in [3.05, 3.63) is 60.2 Å². The lowest BCUT2D eigenvalue weighted by atomic mass is 9.87. The van der Waals surface area contributed by atoms with Crippen LogP contribution in [0.4, 0.5) is 11.4 Å². The molecule has 2 nitrogen and oxygen atoms in total. The normalized spacial score (nSPS) is 18.7. The Bertz CT molecular complexity index is 612. The van der Waals surface area contributed by atoms with Gasteiger partial charge in [-0.1, -0.05) is 36.4 Å². The van der Waals surface area contributed by atoms with Crippen LogP contribution < -0.4 is 5.32 Å². The Kier molecular flexibility index (Phi) is 2.86. The van der Waals surface area contributed by atoms with Crippen LogP contribution >= 0.6 is 0 Å². The van der Waals surface area contributed by atoms with Crippen molar-refractivity contribution >= 4 is 17.1 Å². The van der Waals surface area contributed by atoms with Crippen molar-refractivity contribution in [3.63, 3.8) is 0 Å². The average molecular weight is 250 g/mol. The Hall–Kier alpha value is -2.09. The van der Waals surface area contributed by atoms with E-state index in [1.807, 2.05) is 30.3 Å². The summed E-state index contributed by atoms with van der Waals surface area (Å²) < 4.78 is 0. The predicted octanol–water partition coefficient (Wildman–Crippen LogP) is 4.40. The molecule has 0 aromatic heterocycles. The molecular weight excluding hydrogens is 232 g/mol. The van der Waals surface area contributed by atoms with Crippen LogP contribution in [0.15, 0.2) is 59.6 Å². The standard InChI is InChI=1S/C17H18N2/c1-17(2)12-16(18-13-8-4-3-5-9-13)14-10-6-7-11-15(14)19-17/h3-11,19H,12H2,1-2H3. The zero-order chi connectivity index (χ0) is 13.3. The SMILES string of the molecule is CC1(C)CC(=Nc2ccccc2)c2ccccc2N1. The number of rotatable bonds is 1. The molecular formula is C17H18N2. The molecule has 2 aromatic carbocycles. The molecule has 0 unspecified atom stereocenters. The van der Waals surface area contributed by atoms with Gasteiger partial charge in [0, 0.05) is 23.2 Å². The first-order valence-electron chi connectivity index (χ1n) is 6.64. The number of hydrogen-bond acceptors (Lipinski definition) is 2. The van der Waals surface area contributed by atoms with E-state index in [0.29, 0.717) is 0 Å². The molecule has 96 valence electrons. The van der Waals surface area contributed by atoms with Crippen LogP contribution in [0.25, 0.3) is 0 Å². The Morgan fingerprint density at radius 3 is 2.42 bits per heavy atom. The van der Waals surface area contributed by atoms with E-state index in [-0.39, 0.29) is 5.54 Å². The van der Waals surface area contributed by atoms with Gasteiger partial charge in [0.1, 0.15) is 0 Å². The number of hydrogen-bond donors (Lipinski definition) is 1. The molecule has 0 amide bonds. The van der Waals surface area contributed by atoms with Crippen LogP contribution in [0.1, 0.15) is 25.8 Å². The van der Waals surface area contributed by atoms with E-state index in [0.717, 1.165) is 17.8 Å². The van der Waals surface area contributed by atoms with Gasteiger partial charge in [-0.3, -0.25) is 4.99 Å². The summed E-state index contributed by atoms with van der Waals surface area (Å²) in [6.45, 7) is 4.42. The smallest absolute Gasteiger partial charge is 0.0633 e. The summed E-state index contributed by atoms with van der Waals surface area (Å²) >= 11 is 0. The van der Waals surface area contributed by atoms with Crippen LogP contribution in [0.3, 0.4) is 0 Å². The number of para-hydroxylation sites is 2. The molecule has 0 atom stereocenters. The summed E-state index contributed by atoms with van der Waals surface area (Å²) in [5, 5.41) is 3.57. The molecule has 0 radical (unpaired) electrons. The zero-order valence-corrected chi connectivity index (χ0v) is 11.4. The number of benzene rings is 2. The molecule has 0 aliphatic carbocycles. The molecule has 0 bridgehead atoms. The van der Waals surface area contributed by atoms with E-state index in [9.17, 15) is 0 Å². The van der Waals surface area contributed by atoms with Gasteiger partial charge in [0.2, 0.25) is 0 Å². The minimum absolute atomic E-state index is 0.0436. The third kappa shape index (κ3) is 2.53. The van der Waals surface area contributed by atoms with Crippen molar-refractivity contribution in [2.75, 3.05) is 5.32 Å². The molecule has 0 fully saturated rings. The summed E-state index contributed by atoms with van der Waals surface area (Å²) in [5.41, 5.74) is 4.61. The largest absolute Gasteiger partial charge is 0.379 e. The minimum atomic E-state index is 0.0436. The first-order valence-corrected chi connectivity index (χ1v) is 6.64. The third-order valence-electron chi connectivity index (χ3n) is 3.34. The molecule has 1 aliphatic rings. The van der Waals surface area contributed by atoms with Crippen LogP contribution in [0, 0.1) is 0 Å². The topological polar surface area (TPSA) is 24.4 Å². The maximum Gasteiger partial charge on any atom is 0.0633 e. The van der Waals surface area contributed by atoms with Crippen molar-refractivity contribution in [3.8, 4) is 0 Å². The van der Waals surface area contributed by atoms with E-state index < -0.39 is 0 Å². The monoisotopic (exact) mass is 250 g/mol. The Morgan fingerprint density at radius 1 is 0.947 bits per heavy atom. The summed E-state index contributed by atoms with van der Waals surface area (Å²) in [6.07, 6.45) is 0.929. The molecule has 1 heterocycles. The molecule has 19 heavy (non-hydrogen) atoms. The zero-order valence-electron chi connectivity index (χ0n) is 11.4. The highest BCUT2D eigenvalue weighted by Gasteiger charge is 2.28. The van der Waals surface area contributed by atoms with Crippen LogP contribution in [0.5, 0.6) is 0 Å². The van der Waals surface area contributed by atoms with Gasteiger partial charge in [-0.05, 0) is 32.0 Å². The lowest BCUT2D eigenvalue weighted by Crippen LogP contribution is -2.38. The second-order valence-corrected chi connectivity index (χ2v) is 5.63. The first-order chi connectivity index (χ1) is 9.14. The van der Waals surface area contributed by atoms with Gasteiger partial charge in [-0.25, -0.2) is 0 Å². The number of nitrogens with one attached hydrogen (secondary N) is 1. The quantitative estimate of drug-likeness (QED) is 0.797. The van der Waals surface area contributed by atoms with Gasteiger partial charge in [0.15, 0.2) is 0 Å². The molecule has 0 saturated carbocycles. The fourth-order valence-corrected chi connectivity index (χ4v) is 2.52. The Morgan fingerprint density at radius 2 is 1.63 bits per heavy atom. The van der Waals surface area contributed by atoms with E-state index in [1.165, 1.54) is 11.3 Å². The highest BCUT2D eigenvalue weighted by molar-refractivity contribution is 6.08. The first kappa shape index (κ1) is 12.0. The Balaban J connectivity index is 2.09. The highest BCUT2D eigenvalue weighted by atomic mass is 15.0. The van der Waals surface area contributed by atoms with Gasteiger partial charge >= 0.3 is 0 Å². The van der Waals surface area contributed by atoms with Gasteiger partial charge in [0.05, 0.1) is 11.4 Å². The highest BCUT2D eigenvalue weighted by Crippen LogP contribution is 2.31. The van der Waals surface area contributed by atoms with Crippen molar-refractivity contribution in [1.82, 2.24) is 0 Å². The molecule has 2 heteroatoms. The van der Waals surface area contributed by atoms with Crippen LogP contribution in [0.2, 0.25) is 0 Å². The van der Waals surface area contributed by atoms with E-state index in [2.05, 4.69) is 43.4 Å². The van der Waals surface area contributed by atoms with E-state index >= 15 is 0 Å². The van der Waals surface area contributed by atoms with Crippen LogP contribution in [-0.2, 0) is 0 Å².